The van der Waals surface area contributed by atoms with Crippen molar-refractivity contribution in [3.05, 3.63) is 71.6 Å². The molecule has 1 aliphatic rings. The highest BCUT2D eigenvalue weighted by molar-refractivity contribution is 7.09. The summed E-state index contributed by atoms with van der Waals surface area (Å²) in [6.45, 7) is 7.19. The van der Waals surface area contributed by atoms with E-state index in [1.54, 1.807) is 24.3 Å². The Bertz CT molecular complexity index is 1110. The van der Waals surface area contributed by atoms with Crippen molar-refractivity contribution in [1.29, 1.82) is 0 Å². The predicted octanol–water partition coefficient (Wildman–Crippen LogP) is 4.75. The lowest BCUT2D eigenvalue weighted by Gasteiger charge is -2.36. The van der Waals surface area contributed by atoms with Gasteiger partial charge in [0.15, 0.2) is 0 Å². The molecule has 0 saturated carbocycles. The third-order valence-corrected chi connectivity index (χ3v) is 7.28. The van der Waals surface area contributed by atoms with Crippen molar-refractivity contribution in [2.75, 3.05) is 42.5 Å². The quantitative estimate of drug-likeness (QED) is 0.425. The van der Waals surface area contributed by atoms with Crippen molar-refractivity contribution >= 4 is 28.3 Å². The summed E-state index contributed by atoms with van der Waals surface area (Å²) in [6.07, 6.45) is 1.84. The number of benzene rings is 2. The van der Waals surface area contributed by atoms with Gasteiger partial charge in [-0.2, -0.15) is 4.37 Å². The molecule has 1 unspecified atom stereocenters. The Balaban J connectivity index is 1.33. The van der Waals surface area contributed by atoms with Crippen molar-refractivity contribution in [3.8, 4) is 0 Å². The topological polar surface area (TPSA) is 52.6 Å². The van der Waals surface area contributed by atoms with E-state index in [1.807, 2.05) is 15.9 Å². The number of para-hydroxylation sites is 1. The van der Waals surface area contributed by atoms with Gasteiger partial charge in [0.1, 0.15) is 17.5 Å². The van der Waals surface area contributed by atoms with Crippen LogP contribution in [0.25, 0.3) is 0 Å². The van der Waals surface area contributed by atoms with E-state index in [9.17, 15) is 13.6 Å². The molecule has 3 aromatic rings. The average Bonchev–Trinajstić information content (AvgIpc) is 3.33. The van der Waals surface area contributed by atoms with Gasteiger partial charge in [-0.1, -0.05) is 31.2 Å². The molecule has 186 valence electrons. The number of nitrogens with zero attached hydrogens (tertiary/aromatic N) is 5. The predicted molar refractivity (Wildman–Crippen MR) is 136 cm³/mol. The molecule has 0 spiro atoms. The third kappa shape index (κ3) is 6.33. The minimum atomic E-state index is -0.262. The first-order valence-corrected chi connectivity index (χ1v) is 12.8. The number of hydrogen-bond acceptors (Lipinski definition) is 6. The Morgan fingerprint density at radius 3 is 2.49 bits per heavy atom. The SMILES string of the molecule is CCC(C)N(CCC(=O)N1CCN(c2ccccc2F)CC1)c1nc(Cc2ccc(F)cc2)ns1. The van der Waals surface area contributed by atoms with E-state index in [2.05, 4.69) is 23.1 Å². The molecule has 0 aliphatic carbocycles. The van der Waals surface area contributed by atoms with Gasteiger partial charge in [-0.3, -0.25) is 4.79 Å². The minimum Gasteiger partial charge on any atom is -0.366 e. The molecule has 35 heavy (non-hydrogen) atoms. The summed E-state index contributed by atoms with van der Waals surface area (Å²) in [5, 5.41) is 0.800. The van der Waals surface area contributed by atoms with E-state index in [1.165, 1.54) is 29.7 Å². The molecule has 2 heterocycles. The molecule has 1 aliphatic heterocycles. The molecule has 0 radical (unpaired) electrons. The first-order valence-electron chi connectivity index (χ1n) is 12.1. The van der Waals surface area contributed by atoms with Gasteiger partial charge in [-0.05, 0) is 43.2 Å². The molecule has 1 amide bonds. The Labute approximate surface area is 209 Å². The third-order valence-electron chi connectivity index (χ3n) is 6.49. The number of rotatable bonds is 9. The summed E-state index contributed by atoms with van der Waals surface area (Å²) >= 11 is 1.33. The maximum absolute atomic E-state index is 14.1. The maximum Gasteiger partial charge on any atom is 0.224 e. The number of piperazine rings is 1. The molecular weight excluding hydrogens is 468 g/mol. The van der Waals surface area contributed by atoms with Gasteiger partial charge in [0.05, 0.1) is 5.69 Å². The minimum absolute atomic E-state index is 0.0996. The Hall–Kier alpha value is -3.07. The summed E-state index contributed by atoms with van der Waals surface area (Å²) in [5.74, 6) is 0.303. The normalized spacial score (nSPS) is 14.7. The van der Waals surface area contributed by atoms with Crippen LogP contribution in [0.2, 0.25) is 0 Å². The second-order valence-corrected chi connectivity index (χ2v) is 9.55. The number of carbonyl (C=O) groups excluding carboxylic acids is 1. The van der Waals surface area contributed by atoms with Crippen LogP contribution in [-0.2, 0) is 11.2 Å². The molecular formula is C26H31F2N5OS. The van der Waals surface area contributed by atoms with E-state index in [0.29, 0.717) is 57.1 Å². The molecule has 1 saturated heterocycles. The van der Waals surface area contributed by atoms with Crippen LogP contribution in [0.15, 0.2) is 48.5 Å². The van der Waals surface area contributed by atoms with Gasteiger partial charge in [0, 0.05) is 63.1 Å². The highest BCUT2D eigenvalue weighted by Gasteiger charge is 2.24. The lowest BCUT2D eigenvalue weighted by Crippen LogP contribution is -2.49. The van der Waals surface area contributed by atoms with Gasteiger partial charge in [-0.15, -0.1) is 0 Å². The van der Waals surface area contributed by atoms with Gasteiger partial charge < -0.3 is 14.7 Å². The fourth-order valence-corrected chi connectivity index (χ4v) is 5.04. The van der Waals surface area contributed by atoms with Crippen molar-refractivity contribution in [2.24, 2.45) is 0 Å². The summed E-state index contributed by atoms with van der Waals surface area (Å²) in [4.78, 5) is 23.7. The molecule has 2 aromatic carbocycles. The molecule has 1 aromatic heterocycles. The largest absolute Gasteiger partial charge is 0.366 e. The van der Waals surface area contributed by atoms with Crippen LogP contribution >= 0.6 is 11.5 Å². The van der Waals surface area contributed by atoms with Crippen LogP contribution in [0.4, 0.5) is 19.6 Å². The van der Waals surface area contributed by atoms with Gasteiger partial charge >= 0.3 is 0 Å². The summed E-state index contributed by atoms with van der Waals surface area (Å²) in [6, 6.07) is 13.3. The van der Waals surface area contributed by atoms with Crippen LogP contribution in [0, 0.1) is 11.6 Å². The second kappa shape index (κ2) is 11.6. The van der Waals surface area contributed by atoms with Crippen LogP contribution in [-0.4, -0.2) is 58.9 Å². The Morgan fingerprint density at radius 2 is 1.80 bits per heavy atom. The van der Waals surface area contributed by atoms with E-state index < -0.39 is 0 Å². The maximum atomic E-state index is 14.1. The molecule has 4 rings (SSSR count). The highest BCUT2D eigenvalue weighted by Crippen LogP contribution is 2.24. The van der Waals surface area contributed by atoms with Crippen LogP contribution in [0.3, 0.4) is 0 Å². The molecule has 0 bridgehead atoms. The molecule has 0 N–H and O–H groups in total. The van der Waals surface area contributed by atoms with E-state index in [-0.39, 0.29) is 23.6 Å². The smallest absolute Gasteiger partial charge is 0.224 e. The Morgan fingerprint density at radius 1 is 1.09 bits per heavy atom. The van der Waals surface area contributed by atoms with Gasteiger partial charge in [0.25, 0.3) is 0 Å². The van der Waals surface area contributed by atoms with Crippen molar-refractivity contribution in [3.63, 3.8) is 0 Å². The number of hydrogen-bond donors (Lipinski definition) is 0. The zero-order valence-corrected chi connectivity index (χ0v) is 21.0. The highest BCUT2D eigenvalue weighted by atomic mass is 32.1. The first kappa shape index (κ1) is 25.0. The fourth-order valence-electron chi connectivity index (χ4n) is 4.22. The molecule has 9 heteroatoms. The van der Waals surface area contributed by atoms with E-state index in [4.69, 9.17) is 4.98 Å². The average molecular weight is 500 g/mol. The summed E-state index contributed by atoms with van der Waals surface area (Å²) in [7, 11) is 0. The molecule has 1 atom stereocenters. The summed E-state index contributed by atoms with van der Waals surface area (Å²) in [5.41, 5.74) is 1.55. The van der Waals surface area contributed by atoms with Gasteiger partial charge in [-0.25, -0.2) is 13.8 Å². The lowest BCUT2D eigenvalue weighted by atomic mass is 10.1. The standard InChI is InChI=1S/C26H31F2N5OS/c1-3-19(2)33(26-29-24(30-35-26)18-20-8-10-21(27)11-9-20)13-12-25(34)32-16-14-31(15-17-32)23-7-5-4-6-22(23)28/h4-11,19H,3,12-18H2,1-2H3. The van der Waals surface area contributed by atoms with Crippen LogP contribution in [0.1, 0.15) is 38.1 Å². The molecule has 1 fully saturated rings. The van der Waals surface area contributed by atoms with Crippen LogP contribution < -0.4 is 9.80 Å². The number of halogens is 2. The number of anilines is 2. The van der Waals surface area contributed by atoms with E-state index in [0.717, 1.165) is 17.1 Å². The number of amides is 1. The zero-order valence-electron chi connectivity index (χ0n) is 20.2. The van der Waals surface area contributed by atoms with Crippen LogP contribution in [0.5, 0.6) is 0 Å². The van der Waals surface area contributed by atoms with E-state index >= 15 is 0 Å². The number of carbonyl (C=O) groups is 1. The van der Waals surface area contributed by atoms with Crippen molar-refractivity contribution in [1.82, 2.24) is 14.3 Å². The second-order valence-electron chi connectivity index (χ2n) is 8.82. The monoisotopic (exact) mass is 499 g/mol. The molecule has 6 nitrogen and oxygen atoms in total. The lowest BCUT2D eigenvalue weighted by molar-refractivity contribution is -0.131. The van der Waals surface area contributed by atoms with Crippen molar-refractivity contribution < 1.29 is 13.6 Å². The summed E-state index contributed by atoms with van der Waals surface area (Å²) < 4.78 is 31.8. The zero-order chi connectivity index (χ0) is 24.8. The first-order chi connectivity index (χ1) is 16.9. The fraction of sp³-hybridized carbons (Fsp3) is 0.423. The van der Waals surface area contributed by atoms with Crippen molar-refractivity contribution in [2.45, 2.75) is 39.2 Å². The van der Waals surface area contributed by atoms with Gasteiger partial charge in [0.2, 0.25) is 11.0 Å². The number of aromatic nitrogens is 2. The Kier molecular flexibility index (Phi) is 8.28.